The number of aliphatic hydroxyl groups excluding tert-OH is 2. The molecule has 0 heterocycles. The molecule has 61 heavy (non-hydrogen) atoms. The number of aliphatic hydroxyl groups is 2. The molecule has 358 valence electrons. The topological polar surface area (TPSA) is 69.6 Å². The highest BCUT2D eigenvalue weighted by atomic mass is 16.3. The van der Waals surface area contributed by atoms with Gasteiger partial charge in [-0.05, 0) is 51.4 Å². The van der Waals surface area contributed by atoms with Gasteiger partial charge < -0.3 is 15.5 Å². The Morgan fingerprint density at radius 2 is 0.721 bits per heavy atom. The monoisotopic (exact) mass is 854 g/mol. The highest BCUT2D eigenvalue weighted by molar-refractivity contribution is 5.76. The van der Waals surface area contributed by atoms with Crippen LogP contribution >= 0.6 is 0 Å². The molecule has 2 atom stereocenters. The van der Waals surface area contributed by atoms with Crippen LogP contribution in [0.4, 0.5) is 0 Å². The predicted molar refractivity (Wildman–Crippen MR) is 271 cm³/mol. The van der Waals surface area contributed by atoms with Gasteiger partial charge in [0.1, 0.15) is 0 Å². The van der Waals surface area contributed by atoms with Gasteiger partial charge in [-0.2, -0.15) is 0 Å². The molecule has 0 aromatic rings. The van der Waals surface area contributed by atoms with Gasteiger partial charge in [0.25, 0.3) is 0 Å². The lowest BCUT2D eigenvalue weighted by Crippen LogP contribution is -2.45. The van der Waals surface area contributed by atoms with Gasteiger partial charge in [0, 0.05) is 6.42 Å². The first kappa shape index (κ1) is 59.4. The van der Waals surface area contributed by atoms with E-state index in [0.717, 1.165) is 57.8 Å². The zero-order valence-corrected chi connectivity index (χ0v) is 41.2. The molecule has 0 bridgehead atoms. The Bertz CT molecular complexity index is 970. The van der Waals surface area contributed by atoms with Crippen LogP contribution in [0.3, 0.4) is 0 Å². The predicted octanol–water partition coefficient (Wildman–Crippen LogP) is 17.9. The van der Waals surface area contributed by atoms with E-state index in [9.17, 15) is 15.0 Å². The van der Waals surface area contributed by atoms with Gasteiger partial charge in [0.05, 0.1) is 18.8 Å². The molecule has 0 aliphatic carbocycles. The minimum absolute atomic E-state index is 0.0726. The number of allylic oxidation sites excluding steroid dienone is 7. The molecule has 1 amide bonds. The molecule has 2 unspecified atom stereocenters. The molecule has 0 fully saturated rings. The summed E-state index contributed by atoms with van der Waals surface area (Å²) in [6.45, 7) is 4.22. The van der Waals surface area contributed by atoms with Crippen molar-refractivity contribution in [2.75, 3.05) is 6.61 Å². The number of rotatable bonds is 50. The van der Waals surface area contributed by atoms with Gasteiger partial charge in [-0.15, -0.1) is 0 Å². The Morgan fingerprint density at radius 1 is 0.410 bits per heavy atom. The molecule has 0 saturated carbocycles. The summed E-state index contributed by atoms with van der Waals surface area (Å²) >= 11 is 0. The minimum atomic E-state index is -0.846. The molecule has 4 nitrogen and oxygen atoms in total. The Labute approximate surface area is 382 Å². The SMILES string of the molecule is CC/C=C\C/C=C\C/C=C\CCCCCCCCCC(=O)NC(CO)C(O)/C=C/CCCCCCCCCCCCCCCCCCCCCCCCCCCCCCCC. The number of hydrogen-bond donors (Lipinski definition) is 3. The summed E-state index contributed by atoms with van der Waals surface area (Å²) in [5.74, 6) is -0.0726. The van der Waals surface area contributed by atoms with Gasteiger partial charge in [-0.3, -0.25) is 4.79 Å². The van der Waals surface area contributed by atoms with Crippen LogP contribution in [0.25, 0.3) is 0 Å². The second-order valence-electron chi connectivity index (χ2n) is 18.6. The lowest BCUT2D eigenvalue weighted by atomic mass is 10.0. The highest BCUT2D eigenvalue weighted by Gasteiger charge is 2.18. The van der Waals surface area contributed by atoms with E-state index < -0.39 is 12.1 Å². The summed E-state index contributed by atoms with van der Waals surface area (Å²) in [6.07, 6.45) is 72.8. The van der Waals surface area contributed by atoms with Crippen LogP contribution < -0.4 is 5.32 Å². The van der Waals surface area contributed by atoms with Crippen LogP contribution in [0.2, 0.25) is 0 Å². The van der Waals surface area contributed by atoms with Crippen LogP contribution in [0, 0.1) is 0 Å². The maximum Gasteiger partial charge on any atom is 0.220 e. The first-order valence-electron chi connectivity index (χ1n) is 27.4. The number of amides is 1. The van der Waals surface area contributed by atoms with Crippen molar-refractivity contribution < 1.29 is 15.0 Å². The minimum Gasteiger partial charge on any atom is -0.394 e. The van der Waals surface area contributed by atoms with Crippen LogP contribution in [0.1, 0.15) is 290 Å². The van der Waals surface area contributed by atoms with E-state index in [2.05, 4.69) is 55.6 Å². The third-order valence-electron chi connectivity index (χ3n) is 12.6. The molecule has 3 N–H and O–H groups in total. The number of hydrogen-bond acceptors (Lipinski definition) is 3. The van der Waals surface area contributed by atoms with Crippen molar-refractivity contribution in [2.24, 2.45) is 0 Å². The zero-order valence-electron chi connectivity index (χ0n) is 41.2. The maximum atomic E-state index is 12.4. The first-order chi connectivity index (χ1) is 30.2. The lowest BCUT2D eigenvalue weighted by molar-refractivity contribution is -0.123. The third-order valence-corrected chi connectivity index (χ3v) is 12.6. The van der Waals surface area contributed by atoms with Crippen molar-refractivity contribution in [1.82, 2.24) is 5.32 Å². The van der Waals surface area contributed by atoms with E-state index in [1.807, 2.05) is 6.08 Å². The van der Waals surface area contributed by atoms with Gasteiger partial charge in [-0.25, -0.2) is 0 Å². The summed E-state index contributed by atoms with van der Waals surface area (Å²) < 4.78 is 0. The fourth-order valence-electron chi connectivity index (χ4n) is 8.43. The molecule has 0 rings (SSSR count). The third kappa shape index (κ3) is 49.2. The first-order valence-corrected chi connectivity index (χ1v) is 27.4. The van der Waals surface area contributed by atoms with E-state index >= 15 is 0 Å². The molecular weight excluding hydrogens is 747 g/mol. The molecule has 0 aliphatic heterocycles. The highest BCUT2D eigenvalue weighted by Crippen LogP contribution is 2.17. The average molecular weight is 854 g/mol. The van der Waals surface area contributed by atoms with Gasteiger partial charge in [-0.1, -0.05) is 281 Å². The number of unbranched alkanes of at least 4 members (excludes halogenated alkanes) is 37. The molecule has 0 aromatic carbocycles. The van der Waals surface area contributed by atoms with Crippen LogP contribution in [-0.2, 0) is 4.79 Å². The van der Waals surface area contributed by atoms with Gasteiger partial charge in [0.2, 0.25) is 5.91 Å². The molecule has 0 aliphatic rings. The molecule has 0 saturated heterocycles. The summed E-state index contributed by atoms with van der Waals surface area (Å²) in [4.78, 5) is 12.4. The number of nitrogens with one attached hydrogen (secondary N) is 1. The summed E-state index contributed by atoms with van der Waals surface area (Å²) in [7, 11) is 0. The summed E-state index contributed by atoms with van der Waals surface area (Å²) in [5.41, 5.74) is 0. The lowest BCUT2D eigenvalue weighted by Gasteiger charge is -2.20. The van der Waals surface area contributed by atoms with Crippen molar-refractivity contribution in [1.29, 1.82) is 0 Å². The Hall–Kier alpha value is -1.65. The van der Waals surface area contributed by atoms with Crippen molar-refractivity contribution in [3.05, 3.63) is 48.6 Å². The van der Waals surface area contributed by atoms with Crippen LogP contribution in [-0.4, -0.2) is 34.9 Å². The van der Waals surface area contributed by atoms with Gasteiger partial charge >= 0.3 is 0 Å². The Morgan fingerprint density at radius 3 is 1.08 bits per heavy atom. The number of carbonyl (C=O) groups excluding carboxylic acids is 1. The summed E-state index contributed by atoms with van der Waals surface area (Å²) in [6, 6.07) is -0.629. The second kappa shape index (κ2) is 52.7. The Balaban J connectivity index is 3.46. The van der Waals surface area contributed by atoms with Crippen molar-refractivity contribution >= 4 is 5.91 Å². The normalized spacial score (nSPS) is 13.2. The van der Waals surface area contributed by atoms with E-state index in [1.54, 1.807) is 6.08 Å². The molecule has 0 aromatic heterocycles. The summed E-state index contributed by atoms with van der Waals surface area (Å²) in [5, 5.41) is 23.1. The van der Waals surface area contributed by atoms with Gasteiger partial charge in [0.15, 0.2) is 0 Å². The van der Waals surface area contributed by atoms with E-state index in [0.29, 0.717) is 6.42 Å². The van der Waals surface area contributed by atoms with Crippen LogP contribution in [0.5, 0.6) is 0 Å². The molecule has 4 heteroatoms. The van der Waals surface area contributed by atoms with E-state index in [-0.39, 0.29) is 12.5 Å². The average Bonchev–Trinajstić information content (AvgIpc) is 3.26. The molecular formula is C57H107NO3. The fourth-order valence-corrected chi connectivity index (χ4v) is 8.43. The number of carbonyl (C=O) groups is 1. The van der Waals surface area contributed by atoms with E-state index in [1.165, 1.54) is 212 Å². The zero-order chi connectivity index (χ0) is 44.2. The van der Waals surface area contributed by atoms with Crippen molar-refractivity contribution in [2.45, 2.75) is 302 Å². The maximum absolute atomic E-state index is 12.4. The molecule has 0 spiro atoms. The van der Waals surface area contributed by atoms with Crippen molar-refractivity contribution in [3.8, 4) is 0 Å². The fraction of sp³-hybridized carbons (Fsp3) is 0.842. The second-order valence-corrected chi connectivity index (χ2v) is 18.6. The van der Waals surface area contributed by atoms with E-state index in [4.69, 9.17) is 0 Å². The quantitative estimate of drug-likeness (QED) is 0.0422. The van der Waals surface area contributed by atoms with Crippen LogP contribution in [0.15, 0.2) is 48.6 Å². The largest absolute Gasteiger partial charge is 0.394 e. The van der Waals surface area contributed by atoms with Crippen molar-refractivity contribution in [3.63, 3.8) is 0 Å². The Kier molecular flexibility index (Phi) is 51.3. The smallest absolute Gasteiger partial charge is 0.220 e. The standard InChI is InChI=1S/C57H107NO3/c1-3-5-7-9-11-13-15-17-19-21-22-23-24-25-26-27-28-29-30-31-32-33-34-35-37-38-40-42-44-46-48-50-52-56(60)55(54-59)58-57(61)53-51-49-47-45-43-41-39-36-20-18-16-14-12-10-8-6-4-2/h6,8,12,14,18,20,50,52,55-56,59-60H,3-5,7,9-11,13,15-17,19,21-49,51,53-54H2,1-2H3,(H,58,61)/b8-6-,14-12-,20-18-,52-50+. The molecule has 0 radical (unpaired) electrons.